The van der Waals surface area contributed by atoms with Crippen molar-refractivity contribution in [2.45, 2.75) is 12.5 Å². The Balaban J connectivity index is 1.83. The number of hydrogen-bond donors (Lipinski definition) is 2. The minimum absolute atomic E-state index is 0.455. The molecule has 0 saturated carbocycles. The van der Waals surface area contributed by atoms with Gasteiger partial charge in [-0.25, -0.2) is 10.3 Å². The van der Waals surface area contributed by atoms with Gasteiger partial charge in [0.25, 0.3) is 0 Å². The Labute approximate surface area is 112 Å². The van der Waals surface area contributed by atoms with Gasteiger partial charge in [-0.15, -0.1) is 0 Å². The molecule has 0 heterocycles. The molecule has 4 nitrogen and oxygen atoms in total. The Morgan fingerprint density at radius 1 is 1.05 bits per heavy atom. The largest absolute Gasteiger partial charge is 0.348 e. The third kappa shape index (κ3) is 4.12. The minimum atomic E-state index is -0.682. The van der Waals surface area contributed by atoms with Crippen molar-refractivity contribution < 1.29 is 9.63 Å². The predicted octanol–water partition coefficient (Wildman–Crippen LogP) is 2.13. The summed E-state index contributed by atoms with van der Waals surface area (Å²) in [4.78, 5) is 16.7. The monoisotopic (exact) mass is 256 g/mol. The van der Waals surface area contributed by atoms with E-state index in [9.17, 15) is 4.79 Å². The average Bonchev–Trinajstić information content (AvgIpc) is 2.47. The third-order valence-electron chi connectivity index (χ3n) is 2.64. The molecule has 0 radical (unpaired) electrons. The van der Waals surface area contributed by atoms with Crippen LogP contribution in [0.2, 0.25) is 0 Å². The van der Waals surface area contributed by atoms with E-state index in [1.165, 1.54) is 0 Å². The van der Waals surface area contributed by atoms with Crippen molar-refractivity contribution in [2.24, 2.45) is 5.73 Å². The number of carbonyl (C=O) groups excluding carboxylic acids is 1. The van der Waals surface area contributed by atoms with Gasteiger partial charge in [0.05, 0.1) is 5.69 Å². The summed E-state index contributed by atoms with van der Waals surface area (Å²) >= 11 is 0. The highest BCUT2D eigenvalue weighted by Crippen LogP contribution is 2.06. The smallest absolute Gasteiger partial charge is 0.342 e. The number of nitrogens with one attached hydrogen (secondary N) is 1. The fourth-order valence-electron chi connectivity index (χ4n) is 1.64. The van der Waals surface area contributed by atoms with Crippen LogP contribution in [0.1, 0.15) is 5.56 Å². The highest BCUT2D eigenvalue weighted by molar-refractivity contribution is 5.76. The Bertz CT molecular complexity index is 514. The first-order valence-corrected chi connectivity index (χ1v) is 6.07. The fourth-order valence-corrected chi connectivity index (χ4v) is 1.64. The molecule has 3 N–H and O–H groups in total. The summed E-state index contributed by atoms with van der Waals surface area (Å²) < 4.78 is 0. The quantitative estimate of drug-likeness (QED) is 0.804. The van der Waals surface area contributed by atoms with Gasteiger partial charge in [0.15, 0.2) is 0 Å². The van der Waals surface area contributed by atoms with Gasteiger partial charge in [0, 0.05) is 0 Å². The molecule has 2 aromatic rings. The van der Waals surface area contributed by atoms with Crippen LogP contribution in [0.25, 0.3) is 0 Å². The number of hydrogen-bond acceptors (Lipinski definition) is 4. The predicted molar refractivity (Wildman–Crippen MR) is 74.3 cm³/mol. The molecule has 0 amide bonds. The number of anilines is 1. The summed E-state index contributed by atoms with van der Waals surface area (Å²) in [5.41, 5.74) is 10.1. The lowest BCUT2D eigenvalue weighted by Gasteiger charge is -2.12. The third-order valence-corrected chi connectivity index (χ3v) is 2.64. The van der Waals surface area contributed by atoms with E-state index in [4.69, 9.17) is 10.6 Å². The molecule has 2 aromatic carbocycles. The van der Waals surface area contributed by atoms with Crippen molar-refractivity contribution >= 4 is 11.7 Å². The standard InChI is InChI=1S/C15H16N2O2/c16-14(11-12-7-3-1-4-8-12)15(18)19-17-13-9-5-2-6-10-13/h1-10,14,17H,11,16H2/t14-/m0/s1. The van der Waals surface area contributed by atoms with E-state index in [2.05, 4.69) is 5.48 Å². The van der Waals surface area contributed by atoms with E-state index in [0.29, 0.717) is 12.1 Å². The highest BCUT2D eigenvalue weighted by atomic mass is 16.7. The first kappa shape index (κ1) is 13.1. The second-order valence-corrected chi connectivity index (χ2v) is 4.19. The molecule has 0 unspecified atom stereocenters. The lowest BCUT2D eigenvalue weighted by Crippen LogP contribution is -2.35. The van der Waals surface area contributed by atoms with Gasteiger partial charge < -0.3 is 10.6 Å². The SMILES string of the molecule is N[C@@H](Cc1ccccc1)C(=O)ONc1ccccc1. The first-order valence-electron chi connectivity index (χ1n) is 6.07. The molecule has 4 heteroatoms. The molecule has 0 aliphatic rings. The van der Waals surface area contributed by atoms with Gasteiger partial charge in [-0.3, -0.25) is 0 Å². The zero-order valence-electron chi connectivity index (χ0n) is 10.5. The van der Waals surface area contributed by atoms with Crippen LogP contribution in [0.3, 0.4) is 0 Å². The van der Waals surface area contributed by atoms with Gasteiger partial charge in [-0.1, -0.05) is 48.5 Å². The molecule has 19 heavy (non-hydrogen) atoms. The van der Waals surface area contributed by atoms with E-state index in [-0.39, 0.29) is 0 Å². The lowest BCUT2D eigenvalue weighted by atomic mass is 10.1. The number of rotatable bonds is 5. The van der Waals surface area contributed by atoms with E-state index < -0.39 is 12.0 Å². The first-order chi connectivity index (χ1) is 9.25. The zero-order chi connectivity index (χ0) is 13.5. The Hall–Kier alpha value is -2.33. The molecule has 0 aromatic heterocycles. The van der Waals surface area contributed by atoms with Crippen LogP contribution in [0.4, 0.5) is 5.69 Å². The second kappa shape index (κ2) is 6.56. The van der Waals surface area contributed by atoms with Crippen LogP contribution in [0.15, 0.2) is 60.7 Å². The number of para-hydroxylation sites is 1. The summed E-state index contributed by atoms with van der Waals surface area (Å²) in [5, 5.41) is 0. The van der Waals surface area contributed by atoms with Crippen LogP contribution in [-0.2, 0) is 16.1 Å². The van der Waals surface area contributed by atoms with Crippen molar-refractivity contribution in [3.05, 3.63) is 66.2 Å². The maximum atomic E-state index is 11.7. The molecule has 0 spiro atoms. The van der Waals surface area contributed by atoms with Crippen LogP contribution in [0, 0.1) is 0 Å². The van der Waals surface area contributed by atoms with Crippen molar-refractivity contribution in [1.82, 2.24) is 0 Å². The van der Waals surface area contributed by atoms with Crippen LogP contribution in [-0.4, -0.2) is 12.0 Å². The van der Waals surface area contributed by atoms with Crippen molar-refractivity contribution in [3.63, 3.8) is 0 Å². The highest BCUT2D eigenvalue weighted by Gasteiger charge is 2.16. The Kier molecular flexibility index (Phi) is 4.53. The minimum Gasteiger partial charge on any atom is -0.342 e. The normalized spacial score (nSPS) is 11.6. The van der Waals surface area contributed by atoms with E-state index in [1.54, 1.807) is 12.1 Å². The fraction of sp³-hybridized carbons (Fsp3) is 0.133. The topological polar surface area (TPSA) is 64.4 Å². The summed E-state index contributed by atoms with van der Waals surface area (Å²) in [7, 11) is 0. The molecule has 98 valence electrons. The van der Waals surface area contributed by atoms with Crippen LogP contribution in [0.5, 0.6) is 0 Å². The summed E-state index contributed by atoms with van der Waals surface area (Å²) in [6, 6.07) is 18.1. The summed E-state index contributed by atoms with van der Waals surface area (Å²) in [6.45, 7) is 0. The molecular weight excluding hydrogens is 240 g/mol. The molecule has 2 rings (SSSR count). The van der Waals surface area contributed by atoms with Crippen molar-refractivity contribution in [2.75, 3.05) is 5.48 Å². The summed E-state index contributed by atoms with van der Waals surface area (Å²) in [5.74, 6) is -0.479. The molecule has 0 bridgehead atoms. The van der Waals surface area contributed by atoms with E-state index in [0.717, 1.165) is 5.56 Å². The Morgan fingerprint density at radius 2 is 1.63 bits per heavy atom. The maximum absolute atomic E-state index is 11.7. The molecule has 0 aliphatic heterocycles. The second-order valence-electron chi connectivity index (χ2n) is 4.19. The number of carbonyl (C=O) groups is 1. The lowest BCUT2D eigenvalue weighted by molar-refractivity contribution is -0.142. The van der Waals surface area contributed by atoms with Crippen molar-refractivity contribution in [1.29, 1.82) is 0 Å². The summed E-state index contributed by atoms with van der Waals surface area (Å²) in [6.07, 6.45) is 0.455. The maximum Gasteiger partial charge on any atom is 0.348 e. The molecule has 0 aliphatic carbocycles. The molecule has 0 fully saturated rings. The molecule has 1 atom stereocenters. The van der Waals surface area contributed by atoms with Gasteiger partial charge >= 0.3 is 5.97 Å². The van der Waals surface area contributed by atoms with Crippen LogP contribution < -0.4 is 11.2 Å². The van der Waals surface area contributed by atoms with E-state index >= 15 is 0 Å². The van der Waals surface area contributed by atoms with Crippen LogP contribution >= 0.6 is 0 Å². The van der Waals surface area contributed by atoms with Gasteiger partial charge in [0.1, 0.15) is 6.04 Å². The number of nitrogens with two attached hydrogens (primary N) is 1. The Morgan fingerprint density at radius 3 is 2.26 bits per heavy atom. The average molecular weight is 256 g/mol. The van der Waals surface area contributed by atoms with Gasteiger partial charge in [0.2, 0.25) is 0 Å². The van der Waals surface area contributed by atoms with Crippen molar-refractivity contribution in [3.8, 4) is 0 Å². The van der Waals surface area contributed by atoms with E-state index in [1.807, 2.05) is 48.5 Å². The number of benzene rings is 2. The van der Waals surface area contributed by atoms with Gasteiger partial charge in [-0.05, 0) is 24.1 Å². The van der Waals surface area contributed by atoms with Gasteiger partial charge in [-0.2, -0.15) is 0 Å². The molecule has 0 saturated heterocycles. The zero-order valence-corrected chi connectivity index (χ0v) is 10.5. The molecular formula is C15H16N2O2.